The first kappa shape index (κ1) is 17.0. The van der Waals surface area contributed by atoms with E-state index < -0.39 is 0 Å². The highest BCUT2D eigenvalue weighted by atomic mass is 16.5. The topological polar surface area (TPSA) is 67.7 Å². The lowest BCUT2D eigenvalue weighted by atomic mass is 10.1. The van der Waals surface area contributed by atoms with Crippen LogP contribution in [0, 0.1) is 0 Å². The molecule has 0 N–H and O–H groups in total. The molecule has 1 atom stereocenters. The van der Waals surface area contributed by atoms with E-state index in [2.05, 4.69) is 12.0 Å². The highest BCUT2D eigenvalue weighted by Crippen LogP contribution is 2.24. The van der Waals surface area contributed by atoms with Gasteiger partial charge in [0.1, 0.15) is 0 Å². The number of morpholine rings is 1. The third-order valence-corrected chi connectivity index (χ3v) is 4.75. The number of hydrogen-bond acceptors (Lipinski definition) is 4. The van der Waals surface area contributed by atoms with Gasteiger partial charge in [-0.05, 0) is 12.5 Å². The Morgan fingerprint density at radius 1 is 1.25 bits per heavy atom. The summed E-state index contributed by atoms with van der Waals surface area (Å²) in [5.74, 6) is 0.292. The number of amides is 2. The Kier molecular flexibility index (Phi) is 5.50. The second kappa shape index (κ2) is 7.79. The van der Waals surface area contributed by atoms with Crippen LogP contribution in [0.5, 0.6) is 0 Å². The molecule has 3 heterocycles. The molecule has 2 amide bonds. The standard InChI is InChI=1S/C17H26N4O3/c1-2-3-4-16(22)20-12-14-5-6-18-21(14)15(13-20)11-17(23)19-7-9-24-10-8-19/h5-6,15H,2-4,7-13H2,1H3/t15-/m1/s1. The summed E-state index contributed by atoms with van der Waals surface area (Å²) in [6, 6.07) is 1.86. The van der Waals surface area contributed by atoms with Gasteiger partial charge in [-0.3, -0.25) is 14.3 Å². The van der Waals surface area contributed by atoms with Crippen LogP contribution in [-0.4, -0.2) is 64.2 Å². The largest absolute Gasteiger partial charge is 0.378 e. The number of carbonyl (C=O) groups excluding carboxylic acids is 2. The molecule has 132 valence electrons. The Labute approximate surface area is 142 Å². The first-order valence-corrected chi connectivity index (χ1v) is 8.84. The zero-order valence-corrected chi connectivity index (χ0v) is 14.3. The van der Waals surface area contributed by atoms with E-state index >= 15 is 0 Å². The Morgan fingerprint density at radius 2 is 2.04 bits per heavy atom. The zero-order valence-electron chi connectivity index (χ0n) is 14.3. The van der Waals surface area contributed by atoms with Gasteiger partial charge in [0.05, 0.1) is 37.9 Å². The van der Waals surface area contributed by atoms with Crippen molar-refractivity contribution in [1.29, 1.82) is 0 Å². The Morgan fingerprint density at radius 3 is 2.79 bits per heavy atom. The number of rotatable bonds is 5. The summed E-state index contributed by atoms with van der Waals surface area (Å²) < 4.78 is 7.22. The molecule has 0 saturated carbocycles. The van der Waals surface area contributed by atoms with E-state index in [0.717, 1.165) is 18.5 Å². The van der Waals surface area contributed by atoms with E-state index in [9.17, 15) is 9.59 Å². The van der Waals surface area contributed by atoms with Crippen LogP contribution in [-0.2, 0) is 20.9 Å². The number of ether oxygens (including phenoxy) is 1. The number of carbonyl (C=O) groups is 2. The fourth-order valence-corrected chi connectivity index (χ4v) is 3.36. The van der Waals surface area contributed by atoms with Gasteiger partial charge >= 0.3 is 0 Å². The van der Waals surface area contributed by atoms with Crippen molar-refractivity contribution < 1.29 is 14.3 Å². The summed E-state index contributed by atoms with van der Waals surface area (Å²) >= 11 is 0. The molecular weight excluding hydrogens is 308 g/mol. The summed E-state index contributed by atoms with van der Waals surface area (Å²) in [5, 5.41) is 4.38. The lowest BCUT2D eigenvalue weighted by Gasteiger charge is -2.35. The molecule has 2 aliphatic heterocycles. The molecule has 1 aromatic rings. The third kappa shape index (κ3) is 3.77. The SMILES string of the molecule is CCCCC(=O)N1Cc2ccnn2[C@H](CC(=O)N2CCOCC2)C1. The van der Waals surface area contributed by atoms with Gasteiger partial charge in [-0.15, -0.1) is 0 Å². The predicted molar refractivity (Wildman–Crippen MR) is 88.2 cm³/mol. The summed E-state index contributed by atoms with van der Waals surface area (Å²) in [6.07, 6.45) is 4.63. The molecule has 1 fully saturated rings. The van der Waals surface area contributed by atoms with E-state index in [1.54, 1.807) is 6.20 Å². The maximum atomic E-state index is 12.6. The van der Waals surface area contributed by atoms with Crippen molar-refractivity contribution in [3.63, 3.8) is 0 Å². The first-order chi connectivity index (χ1) is 11.7. The normalized spacial score (nSPS) is 20.8. The molecule has 3 rings (SSSR count). The fraction of sp³-hybridized carbons (Fsp3) is 0.706. The Balaban J connectivity index is 1.67. The summed E-state index contributed by atoms with van der Waals surface area (Å²) in [4.78, 5) is 28.7. The van der Waals surface area contributed by atoms with Crippen molar-refractivity contribution in [3.8, 4) is 0 Å². The minimum Gasteiger partial charge on any atom is -0.378 e. The smallest absolute Gasteiger partial charge is 0.224 e. The summed E-state index contributed by atoms with van der Waals surface area (Å²) in [7, 11) is 0. The van der Waals surface area contributed by atoms with Crippen molar-refractivity contribution in [2.75, 3.05) is 32.8 Å². The minimum absolute atomic E-state index is 0.0790. The van der Waals surface area contributed by atoms with Crippen molar-refractivity contribution in [2.24, 2.45) is 0 Å². The van der Waals surface area contributed by atoms with E-state index in [1.165, 1.54) is 0 Å². The molecular formula is C17H26N4O3. The van der Waals surface area contributed by atoms with Gasteiger partial charge in [-0.2, -0.15) is 5.10 Å². The zero-order chi connectivity index (χ0) is 16.9. The van der Waals surface area contributed by atoms with Crippen LogP contribution in [0.1, 0.15) is 44.3 Å². The molecule has 7 nitrogen and oxygen atoms in total. The molecule has 0 aromatic carbocycles. The minimum atomic E-state index is -0.0790. The van der Waals surface area contributed by atoms with Gasteiger partial charge in [0.2, 0.25) is 11.8 Å². The lowest BCUT2D eigenvalue weighted by Crippen LogP contribution is -2.45. The van der Waals surface area contributed by atoms with Crippen LogP contribution in [0.25, 0.3) is 0 Å². The van der Waals surface area contributed by atoms with Crippen LogP contribution < -0.4 is 0 Å². The molecule has 1 saturated heterocycles. The lowest BCUT2D eigenvalue weighted by molar-refractivity contribution is -0.139. The molecule has 1 aromatic heterocycles. The van der Waals surface area contributed by atoms with Crippen LogP contribution in [0.2, 0.25) is 0 Å². The fourth-order valence-electron chi connectivity index (χ4n) is 3.36. The van der Waals surface area contributed by atoms with Gasteiger partial charge in [-0.25, -0.2) is 0 Å². The Bertz CT molecular complexity index is 580. The third-order valence-electron chi connectivity index (χ3n) is 4.75. The molecule has 24 heavy (non-hydrogen) atoms. The van der Waals surface area contributed by atoms with Crippen LogP contribution in [0.4, 0.5) is 0 Å². The van der Waals surface area contributed by atoms with Gasteiger partial charge in [0.15, 0.2) is 0 Å². The molecule has 0 aliphatic carbocycles. The molecule has 0 bridgehead atoms. The monoisotopic (exact) mass is 334 g/mol. The van der Waals surface area contributed by atoms with Gasteiger partial charge < -0.3 is 14.5 Å². The predicted octanol–water partition coefficient (Wildman–Crippen LogP) is 1.21. The molecule has 2 aliphatic rings. The Hall–Kier alpha value is -1.89. The van der Waals surface area contributed by atoms with Gasteiger partial charge in [0, 0.05) is 32.3 Å². The molecule has 0 unspecified atom stereocenters. The summed E-state index contributed by atoms with van der Waals surface area (Å²) in [5.41, 5.74) is 1.01. The van der Waals surface area contributed by atoms with Crippen molar-refractivity contribution >= 4 is 11.8 Å². The number of nitrogens with zero attached hydrogens (tertiary/aromatic N) is 4. The summed E-state index contributed by atoms with van der Waals surface area (Å²) in [6.45, 7) is 5.74. The second-order valence-corrected chi connectivity index (χ2v) is 6.50. The second-order valence-electron chi connectivity index (χ2n) is 6.50. The molecule has 7 heteroatoms. The van der Waals surface area contributed by atoms with E-state index in [1.807, 2.05) is 20.5 Å². The number of unbranched alkanes of at least 4 members (excludes halogenated alkanes) is 1. The van der Waals surface area contributed by atoms with Crippen molar-refractivity contribution in [3.05, 3.63) is 18.0 Å². The van der Waals surface area contributed by atoms with Crippen LogP contribution in [0.3, 0.4) is 0 Å². The average molecular weight is 334 g/mol. The maximum Gasteiger partial charge on any atom is 0.224 e. The average Bonchev–Trinajstić information content (AvgIpc) is 3.09. The van der Waals surface area contributed by atoms with Crippen LogP contribution in [0.15, 0.2) is 12.3 Å². The highest BCUT2D eigenvalue weighted by molar-refractivity contribution is 5.78. The van der Waals surface area contributed by atoms with Gasteiger partial charge in [-0.1, -0.05) is 13.3 Å². The first-order valence-electron chi connectivity index (χ1n) is 8.84. The highest BCUT2D eigenvalue weighted by Gasteiger charge is 2.31. The quantitative estimate of drug-likeness (QED) is 0.812. The van der Waals surface area contributed by atoms with Crippen LogP contribution >= 0.6 is 0 Å². The molecule has 0 spiro atoms. The van der Waals surface area contributed by atoms with Crippen molar-refractivity contribution in [1.82, 2.24) is 19.6 Å². The van der Waals surface area contributed by atoms with E-state index in [0.29, 0.717) is 52.2 Å². The maximum absolute atomic E-state index is 12.6. The number of hydrogen-bond donors (Lipinski definition) is 0. The van der Waals surface area contributed by atoms with Crippen molar-refractivity contribution in [2.45, 2.75) is 45.2 Å². The number of fused-ring (bicyclic) bond motifs is 1. The van der Waals surface area contributed by atoms with E-state index in [4.69, 9.17) is 4.74 Å². The van der Waals surface area contributed by atoms with Gasteiger partial charge in [0.25, 0.3) is 0 Å². The molecule has 0 radical (unpaired) electrons. The number of aromatic nitrogens is 2. The van der Waals surface area contributed by atoms with E-state index in [-0.39, 0.29) is 17.9 Å².